The zero-order chi connectivity index (χ0) is 19.6. The molecule has 0 atom stereocenters. The molecule has 0 amide bonds. The Morgan fingerprint density at radius 3 is 2.48 bits per heavy atom. The molecule has 3 rings (SSSR count). The summed E-state index contributed by atoms with van der Waals surface area (Å²) in [5.41, 5.74) is 0.381. The van der Waals surface area contributed by atoms with Crippen LogP contribution in [0.5, 0.6) is 5.75 Å². The van der Waals surface area contributed by atoms with Gasteiger partial charge in [-0.25, -0.2) is 0 Å². The fraction of sp³-hybridized carbons (Fsp3) is 0.278. The summed E-state index contributed by atoms with van der Waals surface area (Å²) in [6, 6.07) is 6.79. The summed E-state index contributed by atoms with van der Waals surface area (Å²) in [5.74, 6) is -0.0400. The second-order valence-electron chi connectivity index (χ2n) is 5.88. The van der Waals surface area contributed by atoms with Crippen LogP contribution in [0.3, 0.4) is 0 Å². The molecule has 1 aliphatic rings. The predicted octanol–water partition coefficient (Wildman–Crippen LogP) is 5.52. The topological polar surface area (TPSA) is 45.1 Å². The van der Waals surface area contributed by atoms with Crippen LogP contribution in [0.2, 0.25) is 0 Å². The fourth-order valence-corrected chi connectivity index (χ4v) is 3.96. The zero-order valence-electron chi connectivity index (χ0n) is 13.9. The first kappa shape index (κ1) is 20.2. The Bertz CT molecular complexity index is 866. The van der Waals surface area contributed by atoms with E-state index in [1.807, 2.05) is 4.90 Å². The third-order valence-electron chi connectivity index (χ3n) is 4.05. The van der Waals surface area contributed by atoms with Gasteiger partial charge in [0.05, 0.1) is 34.6 Å². The maximum atomic E-state index is 13.1. The van der Waals surface area contributed by atoms with Crippen molar-refractivity contribution in [1.29, 1.82) is 0 Å². The first-order chi connectivity index (χ1) is 12.8. The Hall–Kier alpha value is -1.58. The van der Waals surface area contributed by atoms with Gasteiger partial charge in [0, 0.05) is 29.3 Å². The Balaban J connectivity index is 2.03. The maximum absolute atomic E-state index is 13.1. The number of hydrogen-bond acceptors (Lipinski definition) is 4. The smallest absolute Gasteiger partial charge is 0.416 e. The second kappa shape index (κ2) is 8.20. The molecule has 1 heterocycles. The van der Waals surface area contributed by atoms with E-state index in [1.54, 1.807) is 12.1 Å². The summed E-state index contributed by atoms with van der Waals surface area (Å²) in [5, 5.41) is 10.1. The van der Waals surface area contributed by atoms with Crippen molar-refractivity contribution in [3.05, 3.63) is 50.4 Å². The average Bonchev–Trinajstić information content (AvgIpc) is 2.63. The van der Waals surface area contributed by atoms with E-state index in [4.69, 9.17) is 4.74 Å². The zero-order valence-corrected chi connectivity index (χ0v) is 17.1. The van der Waals surface area contributed by atoms with Crippen LogP contribution in [0.1, 0.15) is 11.1 Å². The molecule has 0 saturated carbocycles. The fourth-order valence-electron chi connectivity index (χ4n) is 2.70. The molecule has 144 valence electrons. The van der Waals surface area contributed by atoms with Gasteiger partial charge in [0.2, 0.25) is 0 Å². The van der Waals surface area contributed by atoms with Crippen molar-refractivity contribution >= 4 is 49.4 Å². The summed E-state index contributed by atoms with van der Waals surface area (Å²) in [7, 11) is 0. The molecule has 0 radical (unpaired) electrons. The molecule has 4 nitrogen and oxygen atoms in total. The van der Waals surface area contributed by atoms with E-state index in [0.29, 0.717) is 46.5 Å². The van der Waals surface area contributed by atoms with Crippen LogP contribution in [-0.4, -0.2) is 37.6 Å². The van der Waals surface area contributed by atoms with E-state index < -0.39 is 11.7 Å². The molecule has 1 fully saturated rings. The Labute approximate surface area is 170 Å². The van der Waals surface area contributed by atoms with Crippen LogP contribution < -0.4 is 4.90 Å². The molecule has 2 aromatic rings. The van der Waals surface area contributed by atoms with Gasteiger partial charge in [0.15, 0.2) is 0 Å². The number of morpholine rings is 1. The molecule has 1 N–H and O–H groups in total. The van der Waals surface area contributed by atoms with Crippen LogP contribution in [-0.2, 0) is 10.9 Å². The molecule has 27 heavy (non-hydrogen) atoms. The lowest BCUT2D eigenvalue weighted by Gasteiger charge is -2.30. The van der Waals surface area contributed by atoms with Crippen LogP contribution >= 0.6 is 31.9 Å². The van der Waals surface area contributed by atoms with Gasteiger partial charge in [-0.05, 0) is 46.3 Å². The van der Waals surface area contributed by atoms with Crippen molar-refractivity contribution in [3.8, 4) is 5.75 Å². The van der Waals surface area contributed by atoms with E-state index in [9.17, 15) is 18.3 Å². The second-order valence-corrected chi connectivity index (χ2v) is 7.65. The minimum atomic E-state index is -4.46. The lowest BCUT2D eigenvalue weighted by molar-refractivity contribution is -0.137. The first-order valence-corrected chi connectivity index (χ1v) is 9.60. The Kier molecular flexibility index (Phi) is 6.12. The highest BCUT2D eigenvalue weighted by Crippen LogP contribution is 2.38. The number of rotatable bonds is 3. The van der Waals surface area contributed by atoms with Gasteiger partial charge in [0.1, 0.15) is 5.75 Å². The van der Waals surface area contributed by atoms with Gasteiger partial charge in [-0.15, -0.1) is 0 Å². The van der Waals surface area contributed by atoms with Crippen molar-refractivity contribution < 1.29 is 23.0 Å². The molecule has 9 heteroatoms. The molecule has 0 spiro atoms. The van der Waals surface area contributed by atoms with E-state index in [1.165, 1.54) is 12.3 Å². The first-order valence-electron chi connectivity index (χ1n) is 8.02. The molecule has 0 bridgehead atoms. The number of aromatic hydroxyl groups is 1. The normalized spacial score (nSPS) is 15.5. The lowest BCUT2D eigenvalue weighted by Crippen LogP contribution is -2.36. The van der Waals surface area contributed by atoms with Crippen molar-refractivity contribution in [3.63, 3.8) is 0 Å². The summed E-state index contributed by atoms with van der Waals surface area (Å²) >= 11 is 6.54. The number of hydrogen-bond donors (Lipinski definition) is 1. The minimum Gasteiger partial charge on any atom is -0.506 e. The molecule has 1 saturated heterocycles. The molecule has 2 aromatic carbocycles. The van der Waals surface area contributed by atoms with Crippen molar-refractivity contribution in [2.75, 3.05) is 31.2 Å². The van der Waals surface area contributed by atoms with Crippen LogP contribution in [0.15, 0.2) is 44.3 Å². The summed E-state index contributed by atoms with van der Waals surface area (Å²) < 4.78 is 45.9. The van der Waals surface area contributed by atoms with Gasteiger partial charge >= 0.3 is 6.18 Å². The number of benzene rings is 2. The quantitative estimate of drug-likeness (QED) is 0.556. The molecular formula is C18H15Br2F3N2O2. The summed E-state index contributed by atoms with van der Waals surface area (Å²) in [4.78, 5) is 6.20. The third-order valence-corrected chi connectivity index (χ3v) is 5.12. The molecule has 0 aromatic heterocycles. The number of phenols is 1. The van der Waals surface area contributed by atoms with E-state index in [2.05, 4.69) is 36.9 Å². The highest BCUT2D eigenvalue weighted by Gasteiger charge is 2.31. The Morgan fingerprint density at radius 1 is 1.11 bits per heavy atom. The standard InChI is InChI=1S/C18H15Br2F3N2O2/c19-13-7-11(17(26)14(20)9-13)10-24-15-8-12(18(21,22)23)1-2-16(15)25-3-5-27-6-4-25/h1-2,7-10,26H,3-6H2. The van der Waals surface area contributed by atoms with Crippen LogP contribution in [0.25, 0.3) is 0 Å². The number of anilines is 1. The van der Waals surface area contributed by atoms with E-state index >= 15 is 0 Å². The van der Waals surface area contributed by atoms with E-state index in [0.717, 1.165) is 12.1 Å². The van der Waals surface area contributed by atoms with Gasteiger partial charge < -0.3 is 14.7 Å². The highest BCUT2D eigenvalue weighted by atomic mass is 79.9. The molecule has 1 aliphatic heterocycles. The van der Waals surface area contributed by atoms with Gasteiger partial charge in [-0.2, -0.15) is 13.2 Å². The van der Waals surface area contributed by atoms with Crippen molar-refractivity contribution in [2.24, 2.45) is 4.99 Å². The van der Waals surface area contributed by atoms with Crippen LogP contribution in [0, 0.1) is 0 Å². The maximum Gasteiger partial charge on any atom is 0.416 e. The number of phenolic OH excluding ortho intramolecular Hbond substituents is 1. The van der Waals surface area contributed by atoms with Gasteiger partial charge in [-0.1, -0.05) is 15.9 Å². The summed E-state index contributed by atoms with van der Waals surface area (Å²) in [6.45, 7) is 2.15. The van der Waals surface area contributed by atoms with Crippen molar-refractivity contribution in [2.45, 2.75) is 6.18 Å². The number of ether oxygens (including phenoxy) is 1. The van der Waals surface area contributed by atoms with Crippen molar-refractivity contribution in [1.82, 2.24) is 0 Å². The number of aliphatic imine (C=N–C) groups is 1. The largest absolute Gasteiger partial charge is 0.506 e. The number of nitrogens with zero attached hydrogens (tertiary/aromatic N) is 2. The van der Waals surface area contributed by atoms with E-state index in [-0.39, 0.29) is 11.4 Å². The average molecular weight is 508 g/mol. The van der Waals surface area contributed by atoms with Crippen LogP contribution in [0.4, 0.5) is 24.5 Å². The van der Waals surface area contributed by atoms with Gasteiger partial charge in [-0.3, -0.25) is 4.99 Å². The third kappa shape index (κ3) is 4.83. The lowest BCUT2D eigenvalue weighted by atomic mass is 10.1. The SMILES string of the molecule is Oc1c(Br)cc(Br)cc1C=Nc1cc(C(F)(F)F)ccc1N1CCOCC1. The Morgan fingerprint density at radius 2 is 1.81 bits per heavy atom. The number of alkyl halides is 3. The van der Waals surface area contributed by atoms with Gasteiger partial charge in [0.25, 0.3) is 0 Å². The molecule has 0 unspecified atom stereocenters. The number of halogens is 5. The summed E-state index contributed by atoms with van der Waals surface area (Å²) in [6.07, 6.45) is -3.11. The monoisotopic (exact) mass is 506 g/mol. The molecular weight excluding hydrogens is 493 g/mol. The minimum absolute atomic E-state index is 0.0400. The highest BCUT2D eigenvalue weighted by molar-refractivity contribution is 9.11. The predicted molar refractivity (Wildman–Crippen MR) is 105 cm³/mol. The molecule has 0 aliphatic carbocycles.